The number of rotatable bonds is 2. The van der Waals surface area contributed by atoms with Crippen LogP contribution in [0.15, 0.2) is 18.2 Å². The molecule has 0 amide bonds. The van der Waals surface area contributed by atoms with Crippen LogP contribution in [0.2, 0.25) is 0 Å². The monoisotopic (exact) mass is 280 g/mol. The van der Waals surface area contributed by atoms with Crippen LogP contribution in [0.25, 0.3) is 0 Å². The van der Waals surface area contributed by atoms with E-state index in [1.54, 1.807) is 0 Å². The molecule has 2 atom stereocenters. The van der Waals surface area contributed by atoms with Gasteiger partial charge in [0.1, 0.15) is 0 Å². The van der Waals surface area contributed by atoms with Gasteiger partial charge in [0, 0.05) is 31.7 Å². The standard InChI is InChI=1S/C16H24N2.ClH/c1-12-4-3-5-13(2)16(12)11-18-9-8-14-6-7-15(10-18)17-14;/h3-5,14-15,17H,6-11H2,1-2H3;1H. The Labute approximate surface area is 123 Å². The van der Waals surface area contributed by atoms with E-state index in [9.17, 15) is 0 Å². The van der Waals surface area contributed by atoms with Crippen LogP contribution >= 0.6 is 12.4 Å². The number of fused-ring (bicyclic) bond motifs is 2. The topological polar surface area (TPSA) is 15.3 Å². The van der Waals surface area contributed by atoms with Crippen LogP contribution in [0, 0.1) is 13.8 Å². The molecular formula is C16H25ClN2. The summed E-state index contributed by atoms with van der Waals surface area (Å²) in [6.07, 6.45) is 4.08. The summed E-state index contributed by atoms with van der Waals surface area (Å²) in [5.74, 6) is 0. The largest absolute Gasteiger partial charge is 0.310 e. The summed E-state index contributed by atoms with van der Waals surface area (Å²) in [7, 11) is 0. The summed E-state index contributed by atoms with van der Waals surface area (Å²) in [6.45, 7) is 8.09. The van der Waals surface area contributed by atoms with Crippen molar-refractivity contribution in [1.29, 1.82) is 0 Å². The minimum Gasteiger partial charge on any atom is -0.310 e. The zero-order valence-electron chi connectivity index (χ0n) is 12.0. The maximum Gasteiger partial charge on any atom is 0.0239 e. The second kappa shape index (κ2) is 6.25. The highest BCUT2D eigenvalue weighted by molar-refractivity contribution is 5.85. The molecule has 1 aromatic carbocycles. The molecule has 0 saturated carbocycles. The Hall–Kier alpha value is -0.570. The van der Waals surface area contributed by atoms with Crippen molar-refractivity contribution in [3.05, 3.63) is 34.9 Å². The van der Waals surface area contributed by atoms with Gasteiger partial charge in [-0.1, -0.05) is 18.2 Å². The second-order valence-electron chi connectivity index (χ2n) is 6.03. The van der Waals surface area contributed by atoms with E-state index < -0.39 is 0 Å². The van der Waals surface area contributed by atoms with Gasteiger partial charge in [0.15, 0.2) is 0 Å². The van der Waals surface area contributed by atoms with Crippen molar-refractivity contribution >= 4 is 12.4 Å². The van der Waals surface area contributed by atoms with Crippen molar-refractivity contribution in [3.8, 4) is 0 Å². The molecule has 1 aromatic rings. The molecular weight excluding hydrogens is 256 g/mol. The number of hydrogen-bond donors (Lipinski definition) is 1. The summed E-state index contributed by atoms with van der Waals surface area (Å²) < 4.78 is 0. The molecule has 1 N–H and O–H groups in total. The Kier molecular flexibility index (Phi) is 4.88. The predicted molar refractivity (Wildman–Crippen MR) is 83.0 cm³/mol. The van der Waals surface area contributed by atoms with Gasteiger partial charge in [-0.15, -0.1) is 12.4 Å². The van der Waals surface area contributed by atoms with Crippen molar-refractivity contribution in [3.63, 3.8) is 0 Å². The molecule has 0 aromatic heterocycles. The molecule has 2 unspecified atom stereocenters. The average molecular weight is 281 g/mol. The third kappa shape index (κ3) is 3.31. The smallest absolute Gasteiger partial charge is 0.0239 e. The fourth-order valence-electron chi connectivity index (χ4n) is 3.48. The number of nitrogens with zero attached hydrogens (tertiary/aromatic N) is 1. The zero-order chi connectivity index (χ0) is 12.5. The highest BCUT2D eigenvalue weighted by atomic mass is 35.5. The number of aryl methyl sites for hydroxylation is 2. The van der Waals surface area contributed by atoms with E-state index in [1.165, 1.54) is 49.0 Å². The zero-order valence-corrected chi connectivity index (χ0v) is 12.8. The van der Waals surface area contributed by atoms with Crippen LogP contribution in [0.1, 0.15) is 36.0 Å². The first-order chi connectivity index (χ1) is 8.72. The van der Waals surface area contributed by atoms with Crippen LogP contribution in [0.3, 0.4) is 0 Å². The molecule has 2 aliphatic rings. The molecule has 3 heteroatoms. The lowest BCUT2D eigenvalue weighted by molar-refractivity contribution is 0.250. The summed E-state index contributed by atoms with van der Waals surface area (Å²) in [5, 5.41) is 3.76. The Balaban J connectivity index is 0.00000133. The van der Waals surface area contributed by atoms with E-state index in [0.29, 0.717) is 0 Å². The Morgan fingerprint density at radius 2 is 1.79 bits per heavy atom. The fraction of sp³-hybridized carbons (Fsp3) is 0.625. The van der Waals surface area contributed by atoms with Crippen LogP contribution in [0.5, 0.6) is 0 Å². The third-order valence-corrected chi connectivity index (χ3v) is 4.63. The fourth-order valence-corrected chi connectivity index (χ4v) is 3.48. The number of likely N-dealkylation sites (tertiary alicyclic amines) is 1. The van der Waals surface area contributed by atoms with Crippen molar-refractivity contribution < 1.29 is 0 Å². The summed E-state index contributed by atoms with van der Waals surface area (Å²) in [5.41, 5.74) is 4.42. The van der Waals surface area contributed by atoms with Crippen LogP contribution in [-0.2, 0) is 6.54 Å². The number of benzene rings is 1. The van der Waals surface area contributed by atoms with Crippen LogP contribution < -0.4 is 5.32 Å². The van der Waals surface area contributed by atoms with E-state index in [1.807, 2.05) is 0 Å². The van der Waals surface area contributed by atoms with Gasteiger partial charge >= 0.3 is 0 Å². The van der Waals surface area contributed by atoms with Gasteiger partial charge in [-0.2, -0.15) is 0 Å². The molecule has 2 nitrogen and oxygen atoms in total. The Bertz CT molecular complexity index is 413. The quantitative estimate of drug-likeness (QED) is 0.896. The molecule has 2 bridgehead atoms. The second-order valence-corrected chi connectivity index (χ2v) is 6.03. The van der Waals surface area contributed by atoms with Crippen molar-refractivity contribution in [2.75, 3.05) is 13.1 Å². The number of halogens is 1. The molecule has 0 aliphatic carbocycles. The number of nitrogens with one attached hydrogen (secondary N) is 1. The lowest BCUT2D eigenvalue weighted by Gasteiger charge is -2.25. The number of hydrogen-bond acceptors (Lipinski definition) is 2. The Morgan fingerprint density at radius 1 is 1.11 bits per heavy atom. The van der Waals surface area contributed by atoms with E-state index in [4.69, 9.17) is 0 Å². The SMILES string of the molecule is Cc1cccc(C)c1CN1CCC2CCC(C1)N2.Cl. The molecule has 2 aliphatic heterocycles. The predicted octanol–water partition coefficient (Wildman–Crippen LogP) is 3.05. The minimum absolute atomic E-state index is 0. The summed E-state index contributed by atoms with van der Waals surface area (Å²) in [6, 6.07) is 8.18. The van der Waals surface area contributed by atoms with Gasteiger partial charge in [-0.05, 0) is 49.8 Å². The van der Waals surface area contributed by atoms with E-state index in [2.05, 4.69) is 42.3 Å². The molecule has 2 heterocycles. The Morgan fingerprint density at radius 3 is 2.53 bits per heavy atom. The van der Waals surface area contributed by atoms with Gasteiger partial charge in [0.2, 0.25) is 0 Å². The van der Waals surface area contributed by atoms with Crippen molar-refractivity contribution in [2.45, 2.75) is 51.7 Å². The van der Waals surface area contributed by atoms with Crippen LogP contribution in [0.4, 0.5) is 0 Å². The van der Waals surface area contributed by atoms with E-state index >= 15 is 0 Å². The molecule has 106 valence electrons. The molecule has 2 saturated heterocycles. The third-order valence-electron chi connectivity index (χ3n) is 4.63. The summed E-state index contributed by atoms with van der Waals surface area (Å²) in [4.78, 5) is 2.64. The van der Waals surface area contributed by atoms with Gasteiger partial charge in [-0.25, -0.2) is 0 Å². The highest BCUT2D eigenvalue weighted by Gasteiger charge is 2.29. The van der Waals surface area contributed by atoms with E-state index in [-0.39, 0.29) is 12.4 Å². The average Bonchev–Trinajstić information content (AvgIpc) is 2.67. The van der Waals surface area contributed by atoms with Crippen molar-refractivity contribution in [2.24, 2.45) is 0 Å². The van der Waals surface area contributed by atoms with Gasteiger partial charge in [-0.3, -0.25) is 4.90 Å². The van der Waals surface area contributed by atoms with Gasteiger partial charge in [0.25, 0.3) is 0 Å². The van der Waals surface area contributed by atoms with Crippen molar-refractivity contribution in [1.82, 2.24) is 10.2 Å². The first-order valence-corrected chi connectivity index (χ1v) is 7.26. The lowest BCUT2D eigenvalue weighted by Crippen LogP contribution is -2.35. The van der Waals surface area contributed by atoms with E-state index in [0.717, 1.165) is 18.6 Å². The minimum atomic E-state index is 0. The maximum absolute atomic E-state index is 3.76. The first-order valence-electron chi connectivity index (χ1n) is 7.26. The molecule has 0 radical (unpaired) electrons. The summed E-state index contributed by atoms with van der Waals surface area (Å²) >= 11 is 0. The lowest BCUT2D eigenvalue weighted by atomic mass is 10.0. The molecule has 0 spiro atoms. The maximum atomic E-state index is 3.76. The highest BCUT2D eigenvalue weighted by Crippen LogP contribution is 2.23. The first kappa shape index (κ1) is 14.8. The van der Waals surface area contributed by atoms with Gasteiger partial charge < -0.3 is 5.32 Å². The van der Waals surface area contributed by atoms with Gasteiger partial charge in [0.05, 0.1) is 0 Å². The molecule has 3 rings (SSSR count). The molecule has 19 heavy (non-hydrogen) atoms. The molecule has 2 fully saturated rings. The normalized spacial score (nSPS) is 26.8. The van der Waals surface area contributed by atoms with Crippen LogP contribution in [-0.4, -0.2) is 30.1 Å².